The van der Waals surface area contributed by atoms with E-state index in [-0.39, 0.29) is 5.69 Å². The van der Waals surface area contributed by atoms with Crippen LogP contribution in [0, 0.1) is 0 Å². The third-order valence-corrected chi connectivity index (χ3v) is 2.99. The van der Waals surface area contributed by atoms with Crippen LogP contribution < -0.4 is 5.69 Å². The molecule has 0 unspecified atom stereocenters. The van der Waals surface area contributed by atoms with Gasteiger partial charge in [-0.3, -0.25) is 9.55 Å². The number of nitrogens with zero attached hydrogens (tertiary/aromatic N) is 2. The van der Waals surface area contributed by atoms with Crippen LogP contribution in [0.15, 0.2) is 47.5 Å². The number of benzene rings is 1. The van der Waals surface area contributed by atoms with E-state index in [4.69, 9.17) is 4.74 Å². The molecule has 0 fully saturated rings. The summed E-state index contributed by atoms with van der Waals surface area (Å²) < 4.78 is 6.70. The van der Waals surface area contributed by atoms with Crippen molar-refractivity contribution in [1.29, 1.82) is 0 Å². The van der Waals surface area contributed by atoms with Gasteiger partial charge in [-0.2, -0.15) is 0 Å². The van der Waals surface area contributed by atoms with E-state index in [1.807, 2.05) is 30.3 Å². The summed E-state index contributed by atoms with van der Waals surface area (Å²) >= 11 is 0. The molecule has 0 saturated carbocycles. The van der Waals surface area contributed by atoms with Gasteiger partial charge in [0.1, 0.15) is 0 Å². The summed E-state index contributed by atoms with van der Waals surface area (Å²) in [6, 6.07) is 9.53. The molecule has 0 bridgehead atoms. The number of rotatable bonds is 3. The molecule has 2 aromatic heterocycles. The molecule has 0 spiro atoms. The lowest BCUT2D eigenvalue weighted by molar-refractivity contribution is 0.185. The smallest absolute Gasteiger partial charge is 0.331 e. The number of hydrogen-bond donors (Lipinski definition) is 1. The Hall–Kier alpha value is -2.40. The number of methoxy groups -OCH3 is 1. The van der Waals surface area contributed by atoms with Crippen molar-refractivity contribution in [3.8, 4) is 5.69 Å². The van der Waals surface area contributed by atoms with E-state index in [2.05, 4.69) is 9.97 Å². The third kappa shape index (κ3) is 2.04. The largest absolute Gasteiger partial charge is 0.380 e. The first kappa shape index (κ1) is 11.7. The number of H-pyrrole nitrogens is 1. The van der Waals surface area contributed by atoms with E-state index in [9.17, 15) is 4.79 Å². The van der Waals surface area contributed by atoms with Gasteiger partial charge in [0.25, 0.3) is 0 Å². The van der Waals surface area contributed by atoms with Gasteiger partial charge in [0, 0.05) is 13.3 Å². The summed E-state index contributed by atoms with van der Waals surface area (Å²) in [6.45, 7) is 0.562. The zero-order valence-electron chi connectivity index (χ0n) is 10.5. The third-order valence-electron chi connectivity index (χ3n) is 2.99. The Morgan fingerprint density at radius 1 is 1.26 bits per heavy atom. The Labute approximate surface area is 109 Å². The van der Waals surface area contributed by atoms with Crippen LogP contribution in [0.25, 0.3) is 16.7 Å². The van der Waals surface area contributed by atoms with Crippen molar-refractivity contribution in [2.45, 2.75) is 6.61 Å². The highest BCUT2D eigenvalue weighted by Crippen LogP contribution is 2.15. The van der Waals surface area contributed by atoms with E-state index in [0.717, 1.165) is 22.3 Å². The molecule has 0 aliphatic carbocycles. The minimum absolute atomic E-state index is 0.164. The summed E-state index contributed by atoms with van der Waals surface area (Å²) in [6.07, 6.45) is 3.32. The molecule has 0 amide bonds. The summed E-state index contributed by atoms with van der Waals surface area (Å²) in [4.78, 5) is 18.8. The van der Waals surface area contributed by atoms with Crippen molar-refractivity contribution in [3.63, 3.8) is 0 Å². The molecule has 5 heteroatoms. The molecule has 1 aromatic carbocycles. The first-order valence-electron chi connectivity index (χ1n) is 5.92. The minimum atomic E-state index is -0.164. The van der Waals surface area contributed by atoms with Gasteiger partial charge in [-0.05, 0) is 23.8 Å². The second-order valence-corrected chi connectivity index (χ2v) is 4.26. The van der Waals surface area contributed by atoms with Crippen LogP contribution in [0.3, 0.4) is 0 Å². The Morgan fingerprint density at radius 2 is 2.05 bits per heavy atom. The second-order valence-electron chi connectivity index (χ2n) is 4.26. The monoisotopic (exact) mass is 255 g/mol. The number of imidazole rings is 1. The zero-order chi connectivity index (χ0) is 13.2. The highest BCUT2D eigenvalue weighted by atomic mass is 16.5. The summed E-state index contributed by atoms with van der Waals surface area (Å²) in [7, 11) is 1.66. The fourth-order valence-corrected chi connectivity index (χ4v) is 2.12. The quantitative estimate of drug-likeness (QED) is 0.777. The molecule has 5 nitrogen and oxygen atoms in total. The number of aromatic nitrogens is 3. The molecule has 0 saturated heterocycles. The summed E-state index contributed by atoms with van der Waals surface area (Å²) in [5.41, 5.74) is 3.28. The van der Waals surface area contributed by atoms with Gasteiger partial charge in [-0.1, -0.05) is 12.1 Å². The Morgan fingerprint density at radius 3 is 2.79 bits per heavy atom. The van der Waals surface area contributed by atoms with Gasteiger partial charge in [-0.25, -0.2) is 4.79 Å². The molecule has 96 valence electrons. The summed E-state index contributed by atoms with van der Waals surface area (Å²) in [5.74, 6) is 0. The lowest BCUT2D eigenvalue weighted by atomic mass is 10.2. The van der Waals surface area contributed by atoms with Gasteiger partial charge < -0.3 is 9.72 Å². The standard InChI is InChI=1S/C14H13N3O2/c1-19-9-10-2-4-11(5-3-10)17-13-6-7-15-8-12(13)16-14(17)18/h2-8H,9H2,1H3,(H,16,18). The highest BCUT2D eigenvalue weighted by Gasteiger charge is 2.08. The Balaban J connectivity index is 2.13. The Kier molecular flexibility index (Phi) is 2.89. The molecule has 0 radical (unpaired) electrons. The molecule has 3 aromatic rings. The van der Waals surface area contributed by atoms with Crippen LogP contribution in [0.1, 0.15) is 5.56 Å². The molecular formula is C14H13N3O2. The number of fused-ring (bicyclic) bond motifs is 1. The number of hydrogen-bond acceptors (Lipinski definition) is 3. The van der Waals surface area contributed by atoms with Crippen molar-refractivity contribution >= 4 is 11.0 Å². The van der Waals surface area contributed by atoms with E-state index >= 15 is 0 Å². The SMILES string of the molecule is COCc1ccc(-n2c(=O)[nH]c3cnccc32)cc1. The van der Waals surface area contributed by atoms with Gasteiger partial charge in [0.05, 0.1) is 29.5 Å². The molecule has 2 heterocycles. The van der Waals surface area contributed by atoms with Crippen molar-refractivity contribution in [2.75, 3.05) is 7.11 Å². The highest BCUT2D eigenvalue weighted by molar-refractivity contribution is 5.75. The molecule has 19 heavy (non-hydrogen) atoms. The van der Waals surface area contributed by atoms with E-state index in [1.54, 1.807) is 24.1 Å². The minimum Gasteiger partial charge on any atom is -0.380 e. The van der Waals surface area contributed by atoms with Gasteiger partial charge in [-0.15, -0.1) is 0 Å². The fourth-order valence-electron chi connectivity index (χ4n) is 2.12. The molecule has 0 aliphatic heterocycles. The van der Waals surface area contributed by atoms with E-state index < -0.39 is 0 Å². The van der Waals surface area contributed by atoms with Crippen LogP contribution in [-0.4, -0.2) is 21.6 Å². The predicted octanol–water partition coefficient (Wildman–Crippen LogP) is 1.86. The van der Waals surface area contributed by atoms with Crippen LogP contribution in [0.5, 0.6) is 0 Å². The first-order chi connectivity index (χ1) is 9.29. The lowest BCUT2D eigenvalue weighted by Gasteiger charge is -2.05. The van der Waals surface area contributed by atoms with Crippen LogP contribution in [-0.2, 0) is 11.3 Å². The normalized spacial score (nSPS) is 11.0. The first-order valence-corrected chi connectivity index (χ1v) is 5.92. The second kappa shape index (κ2) is 4.70. The van der Waals surface area contributed by atoms with Crippen LogP contribution in [0.4, 0.5) is 0 Å². The van der Waals surface area contributed by atoms with Gasteiger partial charge in [0.2, 0.25) is 0 Å². The number of nitrogens with one attached hydrogen (secondary N) is 1. The zero-order valence-corrected chi connectivity index (χ0v) is 10.5. The molecular weight excluding hydrogens is 242 g/mol. The fraction of sp³-hybridized carbons (Fsp3) is 0.143. The maximum atomic E-state index is 12.0. The van der Waals surface area contributed by atoms with Crippen molar-refractivity contribution in [1.82, 2.24) is 14.5 Å². The van der Waals surface area contributed by atoms with Gasteiger partial charge >= 0.3 is 5.69 Å². The molecule has 0 aliphatic rings. The number of pyridine rings is 1. The molecule has 3 rings (SSSR count). The van der Waals surface area contributed by atoms with Gasteiger partial charge in [0.15, 0.2) is 0 Å². The Bertz CT molecular complexity index is 756. The number of ether oxygens (including phenoxy) is 1. The van der Waals surface area contributed by atoms with E-state index in [0.29, 0.717) is 6.61 Å². The molecule has 1 N–H and O–H groups in total. The van der Waals surface area contributed by atoms with Crippen molar-refractivity contribution in [2.24, 2.45) is 0 Å². The maximum Gasteiger partial charge on any atom is 0.331 e. The van der Waals surface area contributed by atoms with Crippen LogP contribution >= 0.6 is 0 Å². The van der Waals surface area contributed by atoms with Crippen molar-refractivity contribution in [3.05, 3.63) is 58.8 Å². The maximum absolute atomic E-state index is 12.0. The summed E-state index contributed by atoms with van der Waals surface area (Å²) in [5, 5.41) is 0. The van der Waals surface area contributed by atoms with Crippen LogP contribution in [0.2, 0.25) is 0 Å². The average molecular weight is 255 g/mol. The topological polar surface area (TPSA) is 59.9 Å². The van der Waals surface area contributed by atoms with E-state index in [1.165, 1.54) is 0 Å². The average Bonchev–Trinajstić information content (AvgIpc) is 2.76. The lowest BCUT2D eigenvalue weighted by Crippen LogP contribution is -2.14. The predicted molar refractivity (Wildman–Crippen MR) is 72.4 cm³/mol. The number of aromatic amines is 1. The molecule has 0 atom stereocenters. The van der Waals surface area contributed by atoms with Crippen molar-refractivity contribution < 1.29 is 4.74 Å².